The summed E-state index contributed by atoms with van der Waals surface area (Å²) < 4.78 is 0. The van der Waals surface area contributed by atoms with E-state index in [1.807, 2.05) is 0 Å². The molecule has 1 aromatic heterocycles. The maximum absolute atomic E-state index is 12.3. The summed E-state index contributed by atoms with van der Waals surface area (Å²) in [6.07, 6.45) is 2.82. The minimum Gasteiger partial charge on any atom is -0.325 e. The molecule has 0 saturated carbocycles. The molecule has 2 N–H and O–H groups in total. The Morgan fingerprint density at radius 3 is 2.65 bits per heavy atom. The fourth-order valence-electron chi connectivity index (χ4n) is 2.77. The lowest BCUT2D eigenvalue weighted by molar-refractivity contribution is -0.384. The quantitative estimate of drug-likeness (QED) is 0.491. The van der Waals surface area contributed by atoms with Crippen molar-refractivity contribution in [3.63, 3.8) is 0 Å². The first kappa shape index (κ1) is 17.2. The van der Waals surface area contributed by atoms with Crippen molar-refractivity contribution in [1.29, 1.82) is 0 Å². The van der Waals surface area contributed by atoms with E-state index in [0.717, 1.165) is 6.07 Å². The summed E-state index contributed by atoms with van der Waals surface area (Å²) in [5.41, 5.74) is -1.33. The molecular formula is C17H14N4O5. The van der Waals surface area contributed by atoms with E-state index in [9.17, 15) is 24.5 Å². The van der Waals surface area contributed by atoms with Crippen LogP contribution < -0.4 is 10.6 Å². The molecule has 1 unspecified atom stereocenters. The third-order valence-corrected chi connectivity index (χ3v) is 4.45. The largest absolute Gasteiger partial charge is 0.325 e. The van der Waals surface area contributed by atoms with Crippen LogP contribution in [0.3, 0.4) is 0 Å². The van der Waals surface area contributed by atoms with Gasteiger partial charge in [-0.05, 0) is 32.0 Å². The van der Waals surface area contributed by atoms with Crippen LogP contribution in [0.2, 0.25) is 0 Å². The summed E-state index contributed by atoms with van der Waals surface area (Å²) in [7, 11) is 0. The molecule has 0 spiro atoms. The van der Waals surface area contributed by atoms with Crippen LogP contribution in [0.5, 0.6) is 0 Å². The van der Waals surface area contributed by atoms with Crippen molar-refractivity contribution < 1.29 is 19.3 Å². The highest BCUT2D eigenvalue weighted by Crippen LogP contribution is 2.43. The number of nitrogens with zero attached hydrogens (tertiary/aromatic N) is 2. The van der Waals surface area contributed by atoms with Crippen molar-refractivity contribution in [2.75, 3.05) is 10.6 Å². The number of amides is 2. The topological polar surface area (TPSA) is 131 Å². The van der Waals surface area contributed by atoms with Crippen molar-refractivity contribution in [2.24, 2.45) is 0 Å². The smallest absolute Gasteiger partial charge is 0.293 e. The Bertz CT molecular complexity index is 957. The van der Waals surface area contributed by atoms with Crippen LogP contribution in [0, 0.1) is 10.1 Å². The number of hydrogen-bond acceptors (Lipinski definition) is 6. The van der Waals surface area contributed by atoms with Gasteiger partial charge in [-0.3, -0.25) is 29.5 Å². The number of carbonyl (C=O) groups is 3. The average Bonchev–Trinajstić information content (AvgIpc) is 2.86. The molecule has 1 aliphatic heterocycles. The normalized spacial score (nSPS) is 18.0. The molecule has 26 heavy (non-hydrogen) atoms. The van der Waals surface area contributed by atoms with Crippen molar-refractivity contribution in [2.45, 2.75) is 19.3 Å². The lowest BCUT2D eigenvalue weighted by atomic mass is 9.80. The highest BCUT2D eigenvalue weighted by molar-refractivity contribution is 6.21. The number of rotatable bonds is 4. The maximum atomic E-state index is 12.3. The van der Waals surface area contributed by atoms with Gasteiger partial charge in [0, 0.05) is 29.7 Å². The SMILES string of the molecule is CC(=O)C1(C)C(=O)Nc2cc(NC(=O)c3cccnc3)c([N+](=O)[O-])cc21. The summed E-state index contributed by atoms with van der Waals surface area (Å²) in [5.74, 6) is -1.58. The number of anilines is 2. The number of hydrogen-bond donors (Lipinski definition) is 2. The fourth-order valence-corrected chi connectivity index (χ4v) is 2.77. The Morgan fingerprint density at radius 1 is 1.35 bits per heavy atom. The molecule has 3 rings (SSSR count). The number of Topliss-reactive ketones (excluding diaryl/α,β-unsaturated/α-hetero) is 1. The Hall–Kier alpha value is -3.62. The summed E-state index contributed by atoms with van der Waals surface area (Å²) in [5, 5.41) is 16.4. The Labute approximate surface area is 147 Å². The van der Waals surface area contributed by atoms with Gasteiger partial charge in [0.25, 0.3) is 11.6 Å². The van der Waals surface area contributed by atoms with Gasteiger partial charge in [0.15, 0.2) is 0 Å². The molecule has 2 heterocycles. The summed E-state index contributed by atoms with van der Waals surface area (Å²) >= 11 is 0. The third kappa shape index (κ3) is 2.59. The molecular weight excluding hydrogens is 340 g/mol. The number of ketones is 1. The number of nitro benzene ring substituents is 1. The Balaban J connectivity index is 2.07. The van der Waals surface area contributed by atoms with Crippen molar-refractivity contribution in [3.8, 4) is 0 Å². The molecule has 9 heteroatoms. The maximum Gasteiger partial charge on any atom is 0.293 e. The molecule has 0 radical (unpaired) electrons. The number of pyridine rings is 1. The Morgan fingerprint density at radius 2 is 2.08 bits per heavy atom. The summed E-state index contributed by atoms with van der Waals surface area (Å²) in [4.78, 5) is 51.1. The van der Waals surface area contributed by atoms with Crippen LogP contribution in [0.25, 0.3) is 0 Å². The van der Waals surface area contributed by atoms with Gasteiger partial charge in [-0.2, -0.15) is 0 Å². The molecule has 0 fully saturated rings. The van der Waals surface area contributed by atoms with Gasteiger partial charge >= 0.3 is 0 Å². The van der Waals surface area contributed by atoms with Crippen LogP contribution in [0.4, 0.5) is 17.1 Å². The second kappa shape index (κ2) is 6.03. The lowest BCUT2D eigenvalue weighted by Crippen LogP contribution is -2.37. The van der Waals surface area contributed by atoms with E-state index >= 15 is 0 Å². The number of nitrogens with one attached hydrogen (secondary N) is 2. The van der Waals surface area contributed by atoms with E-state index < -0.39 is 33.6 Å². The molecule has 1 aliphatic rings. The molecule has 2 amide bonds. The first-order valence-electron chi connectivity index (χ1n) is 7.62. The average molecular weight is 354 g/mol. The minimum atomic E-state index is -1.51. The minimum absolute atomic E-state index is 0.0873. The predicted octanol–water partition coefficient (Wildman–Crippen LogP) is 2.04. The van der Waals surface area contributed by atoms with E-state index in [0.29, 0.717) is 0 Å². The fraction of sp³-hybridized carbons (Fsp3) is 0.176. The van der Waals surface area contributed by atoms with Crippen molar-refractivity contribution >= 4 is 34.7 Å². The van der Waals surface area contributed by atoms with Crippen LogP contribution in [0.15, 0.2) is 36.7 Å². The highest BCUT2D eigenvalue weighted by atomic mass is 16.6. The number of aromatic nitrogens is 1. The lowest BCUT2D eigenvalue weighted by Gasteiger charge is -2.18. The van der Waals surface area contributed by atoms with E-state index in [4.69, 9.17) is 0 Å². The summed E-state index contributed by atoms with van der Waals surface area (Å²) in [6.45, 7) is 2.66. The van der Waals surface area contributed by atoms with E-state index in [1.54, 1.807) is 6.07 Å². The zero-order chi connectivity index (χ0) is 19.1. The van der Waals surface area contributed by atoms with Gasteiger partial charge in [-0.15, -0.1) is 0 Å². The number of nitro groups is 1. The van der Waals surface area contributed by atoms with Crippen LogP contribution >= 0.6 is 0 Å². The van der Waals surface area contributed by atoms with Gasteiger partial charge < -0.3 is 10.6 Å². The predicted molar refractivity (Wildman–Crippen MR) is 91.9 cm³/mol. The van der Waals surface area contributed by atoms with E-state index in [1.165, 1.54) is 38.4 Å². The standard InChI is InChI=1S/C17H14N4O5/c1-9(22)17(2)11-6-14(21(25)26)13(7-12(11)20-16(17)24)19-15(23)10-4-3-5-18-8-10/h3-8H,1-2H3,(H,19,23)(H,20,24). The first-order valence-corrected chi connectivity index (χ1v) is 7.62. The van der Waals surface area contributed by atoms with E-state index in [2.05, 4.69) is 15.6 Å². The van der Waals surface area contributed by atoms with Crippen molar-refractivity contribution in [1.82, 2.24) is 4.98 Å². The zero-order valence-electron chi connectivity index (χ0n) is 13.9. The molecule has 2 aromatic rings. The monoisotopic (exact) mass is 354 g/mol. The van der Waals surface area contributed by atoms with Gasteiger partial charge in [0.2, 0.25) is 5.91 Å². The Kier molecular flexibility index (Phi) is 3.99. The van der Waals surface area contributed by atoms with Gasteiger partial charge in [0.1, 0.15) is 16.9 Å². The van der Waals surface area contributed by atoms with Crippen molar-refractivity contribution in [3.05, 3.63) is 57.9 Å². The molecule has 1 atom stereocenters. The number of benzene rings is 1. The second-order valence-electron chi connectivity index (χ2n) is 6.00. The van der Waals surface area contributed by atoms with Crippen LogP contribution in [-0.4, -0.2) is 27.5 Å². The van der Waals surface area contributed by atoms with Gasteiger partial charge in [-0.25, -0.2) is 0 Å². The first-order chi connectivity index (χ1) is 12.2. The molecule has 1 aromatic carbocycles. The van der Waals surface area contributed by atoms with Crippen LogP contribution in [0.1, 0.15) is 29.8 Å². The third-order valence-electron chi connectivity index (χ3n) is 4.45. The molecule has 132 valence electrons. The molecule has 0 saturated heterocycles. The molecule has 0 aliphatic carbocycles. The van der Waals surface area contributed by atoms with Gasteiger partial charge in [-0.1, -0.05) is 0 Å². The highest BCUT2D eigenvalue weighted by Gasteiger charge is 2.48. The molecule has 9 nitrogen and oxygen atoms in total. The van der Waals surface area contributed by atoms with Crippen LogP contribution in [-0.2, 0) is 15.0 Å². The number of fused-ring (bicyclic) bond motifs is 1. The van der Waals surface area contributed by atoms with Gasteiger partial charge in [0.05, 0.1) is 10.5 Å². The van der Waals surface area contributed by atoms with E-state index in [-0.39, 0.29) is 22.5 Å². The summed E-state index contributed by atoms with van der Waals surface area (Å²) in [6, 6.07) is 5.50. The number of carbonyl (C=O) groups excluding carboxylic acids is 3. The zero-order valence-corrected chi connectivity index (χ0v) is 13.9. The molecule has 0 bridgehead atoms. The second-order valence-corrected chi connectivity index (χ2v) is 6.00.